The molecule has 0 unspecified atom stereocenters. The molecule has 7 heteroatoms. The van der Waals surface area contributed by atoms with Gasteiger partial charge in [0, 0.05) is 12.4 Å². The largest absolute Gasteiger partial charge is 0.349 e. The van der Waals surface area contributed by atoms with Gasteiger partial charge in [-0.25, -0.2) is 9.67 Å². The van der Waals surface area contributed by atoms with Crippen molar-refractivity contribution in [3.8, 4) is 0 Å². The maximum Gasteiger partial charge on any atom is 0.225 e. The van der Waals surface area contributed by atoms with E-state index in [1.165, 1.54) is 5.56 Å². The number of carbonyl (C=O) groups is 1. The van der Waals surface area contributed by atoms with E-state index in [2.05, 4.69) is 37.2 Å². The Kier molecular flexibility index (Phi) is 5.78. The molecule has 1 amide bonds. The number of hydrogen-bond acceptors (Lipinski definition) is 5. The van der Waals surface area contributed by atoms with E-state index >= 15 is 0 Å². The number of aryl methyl sites for hydroxylation is 2. The van der Waals surface area contributed by atoms with Crippen molar-refractivity contribution < 1.29 is 4.79 Å². The summed E-state index contributed by atoms with van der Waals surface area (Å²) in [5.74, 6) is 1.34. The molecule has 0 saturated carbocycles. The van der Waals surface area contributed by atoms with Gasteiger partial charge in [0.15, 0.2) is 0 Å². The van der Waals surface area contributed by atoms with Crippen LogP contribution >= 0.6 is 11.3 Å². The van der Waals surface area contributed by atoms with Crippen LogP contribution in [0.2, 0.25) is 0 Å². The average Bonchev–Trinajstić information content (AvgIpc) is 3.24. The van der Waals surface area contributed by atoms with Crippen LogP contribution in [-0.2, 0) is 17.8 Å². The van der Waals surface area contributed by atoms with Gasteiger partial charge >= 0.3 is 0 Å². The Balaban J connectivity index is 1.71. The van der Waals surface area contributed by atoms with Gasteiger partial charge in [-0.2, -0.15) is 16.4 Å². The number of nitrogens with one attached hydrogen (secondary N) is 1. The minimum Gasteiger partial charge on any atom is -0.349 e. The molecule has 0 saturated heterocycles. The Morgan fingerprint density at radius 3 is 2.81 bits per heavy atom. The third-order valence-electron chi connectivity index (χ3n) is 4.28. The number of carbonyl (C=O) groups excluding carboxylic acids is 1. The molecule has 1 N–H and O–H groups in total. The SMILES string of the molecule is Cc1nc(C)n(C[C@H](C)C(=O)N[C@H](Cc2ccsc2)c2cccnc2)n1. The van der Waals surface area contributed by atoms with Crippen molar-refractivity contribution in [3.05, 3.63) is 64.1 Å². The predicted molar refractivity (Wildman–Crippen MR) is 102 cm³/mol. The lowest BCUT2D eigenvalue weighted by atomic mass is 10.0. The first-order valence-electron chi connectivity index (χ1n) is 8.62. The molecule has 2 atom stereocenters. The third-order valence-corrected chi connectivity index (χ3v) is 5.01. The van der Waals surface area contributed by atoms with Crippen molar-refractivity contribution in [2.45, 2.75) is 39.8 Å². The molecule has 0 fully saturated rings. The van der Waals surface area contributed by atoms with Crippen LogP contribution in [-0.4, -0.2) is 25.7 Å². The quantitative estimate of drug-likeness (QED) is 0.695. The van der Waals surface area contributed by atoms with Crippen molar-refractivity contribution in [2.24, 2.45) is 5.92 Å². The average molecular weight is 369 g/mol. The summed E-state index contributed by atoms with van der Waals surface area (Å²) in [6.45, 7) is 6.18. The monoisotopic (exact) mass is 369 g/mol. The summed E-state index contributed by atoms with van der Waals surface area (Å²) >= 11 is 1.66. The summed E-state index contributed by atoms with van der Waals surface area (Å²) < 4.78 is 1.79. The van der Waals surface area contributed by atoms with Gasteiger partial charge in [0.25, 0.3) is 0 Å². The summed E-state index contributed by atoms with van der Waals surface area (Å²) in [6.07, 6.45) is 4.30. The lowest BCUT2D eigenvalue weighted by Gasteiger charge is -2.21. The minimum absolute atomic E-state index is 0.00151. The Labute approximate surface area is 157 Å². The van der Waals surface area contributed by atoms with Crippen molar-refractivity contribution in [2.75, 3.05) is 0 Å². The highest BCUT2D eigenvalue weighted by molar-refractivity contribution is 7.07. The second kappa shape index (κ2) is 8.23. The van der Waals surface area contributed by atoms with Gasteiger partial charge in [0.05, 0.1) is 18.5 Å². The highest BCUT2D eigenvalue weighted by atomic mass is 32.1. The Bertz CT molecular complexity index is 844. The predicted octanol–water partition coefficient (Wildman–Crippen LogP) is 3.09. The second-order valence-electron chi connectivity index (χ2n) is 6.47. The number of thiophene rings is 1. The highest BCUT2D eigenvalue weighted by Crippen LogP contribution is 2.20. The summed E-state index contributed by atoms with van der Waals surface area (Å²) in [5.41, 5.74) is 2.21. The molecule has 6 nitrogen and oxygen atoms in total. The minimum atomic E-state index is -0.212. The molecule has 136 valence electrons. The molecule has 3 rings (SSSR count). The molecule has 0 aromatic carbocycles. The van der Waals surface area contributed by atoms with Gasteiger partial charge in [-0.15, -0.1) is 0 Å². The fourth-order valence-corrected chi connectivity index (χ4v) is 3.55. The summed E-state index contributed by atoms with van der Waals surface area (Å²) in [4.78, 5) is 21.3. The summed E-state index contributed by atoms with van der Waals surface area (Å²) in [7, 11) is 0. The van der Waals surface area contributed by atoms with E-state index in [1.807, 2.05) is 39.1 Å². The normalized spacial score (nSPS) is 13.3. The fourth-order valence-electron chi connectivity index (χ4n) is 2.87. The van der Waals surface area contributed by atoms with Crippen LogP contribution in [0.1, 0.15) is 35.7 Å². The molecule has 26 heavy (non-hydrogen) atoms. The van der Waals surface area contributed by atoms with E-state index in [0.717, 1.165) is 23.6 Å². The number of hydrogen-bond donors (Lipinski definition) is 1. The van der Waals surface area contributed by atoms with E-state index in [9.17, 15) is 4.79 Å². The van der Waals surface area contributed by atoms with Gasteiger partial charge in [-0.05, 0) is 54.3 Å². The topological polar surface area (TPSA) is 72.7 Å². The molecule has 0 radical (unpaired) electrons. The first-order valence-corrected chi connectivity index (χ1v) is 9.56. The maximum atomic E-state index is 12.8. The lowest BCUT2D eigenvalue weighted by Crippen LogP contribution is -2.36. The number of aromatic nitrogens is 4. The molecule has 3 aromatic heterocycles. The zero-order valence-electron chi connectivity index (χ0n) is 15.2. The number of rotatable bonds is 7. The summed E-state index contributed by atoms with van der Waals surface area (Å²) in [6, 6.07) is 5.88. The van der Waals surface area contributed by atoms with E-state index in [0.29, 0.717) is 6.54 Å². The van der Waals surface area contributed by atoms with E-state index in [4.69, 9.17) is 0 Å². The standard InChI is InChI=1S/C19H23N5OS/c1-13(11-24-15(3)21-14(2)23-24)19(25)22-18(9-16-6-8-26-12-16)17-5-4-7-20-10-17/h4-8,10,12-13,18H,9,11H2,1-3H3,(H,22,25)/t13-,18+/m0/s1. The molecule has 0 aliphatic carbocycles. The third kappa shape index (κ3) is 4.54. The Morgan fingerprint density at radius 2 is 2.19 bits per heavy atom. The highest BCUT2D eigenvalue weighted by Gasteiger charge is 2.21. The second-order valence-corrected chi connectivity index (χ2v) is 7.25. The van der Waals surface area contributed by atoms with Crippen LogP contribution in [0.5, 0.6) is 0 Å². The Hall–Kier alpha value is -2.54. The molecule has 3 aromatic rings. The van der Waals surface area contributed by atoms with Crippen LogP contribution < -0.4 is 5.32 Å². The molecule has 0 aliphatic heterocycles. The summed E-state index contributed by atoms with van der Waals surface area (Å²) in [5, 5.41) is 11.7. The van der Waals surface area contributed by atoms with Gasteiger partial charge < -0.3 is 5.32 Å². The van der Waals surface area contributed by atoms with Crippen LogP contribution in [0.15, 0.2) is 41.4 Å². The zero-order chi connectivity index (χ0) is 18.5. The van der Waals surface area contributed by atoms with Crippen LogP contribution in [0.4, 0.5) is 0 Å². The maximum absolute atomic E-state index is 12.8. The molecular formula is C19H23N5OS. The van der Waals surface area contributed by atoms with Crippen molar-refractivity contribution in [1.29, 1.82) is 0 Å². The smallest absolute Gasteiger partial charge is 0.225 e. The van der Waals surface area contributed by atoms with Crippen LogP contribution in [0, 0.1) is 19.8 Å². The molecule has 0 spiro atoms. The van der Waals surface area contributed by atoms with Gasteiger partial charge in [0.1, 0.15) is 11.6 Å². The fraction of sp³-hybridized carbons (Fsp3) is 0.368. The zero-order valence-corrected chi connectivity index (χ0v) is 16.0. The molecule has 3 heterocycles. The number of amides is 1. The van der Waals surface area contributed by atoms with Crippen LogP contribution in [0.25, 0.3) is 0 Å². The van der Waals surface area contributed by atoms with Gasteiger partial charge in [-0.3, -0.25) is 9.78 Å². The number of pyridine rings is 1. The van der Waals surface area contributed by atoms with E-state index < -0.39 is 0 Å². The van der Waals surface area contributed by atoms with E-state index in [-0.39, 0.29) is 17.9 Å². The lowest BCUT2D eigenvalue weighted by molar-refractivity contribution is -0.125. The first-order chi connectivity index (χ1) is 12.5. The Morgan fingerprint density at radius 1 is 1.35 bits per heavy atom. The van der Waals surface area contributed by atoms with Gasteiger partial charge in [-0.1, -0.05) is 13.0 Å². The molecule has 0 bridgehead atoms. The van der Waals surface area contributed by atoms with Crippen molar-refractivity contribution in [1.82, 2.24) is 25.1 Å². The number of nitrogens with zero attached hydrogens (tertiary/aromatic N) is 4. The van der Waals surface area contributed by atoms with Gasteiger partial charge in [0.2, 0.25) is 5.91 Å². The molecule has 0 aliphatic rings. The first kappa shape index (κ1) is 18.3. The van der Waals surface area contributed by atoms with E-state index in [1.54, 1.807) is 22.2 Å². The van der Waals surface area contributed by atoms with Crippen LogP contribution in [0.3, 0.4) is 0 Å². The van der Waals surface area contributed by atoms with Crippen molar-refractivity contribution >= 4 is 17.2 Å². The molecular weight excluding hydrogens is 346 g/mol. The van der Waals surface area contributed by atoms with Crippen molar-refractivity contribution in [3.63, 3.8) is 0 Å².